The molecule has 0 saturated carbocycles. The molecule has 0 radical (unpaired) electrons. The number of amides is 1. The van der Waals surface area contributed by atoms with E-state index in [1.807, 2.05) is 20.8 Å². The topological polar surface area (TPSA) is 77.0 Å². The molecule has 1 amide bonds. The zero-order valence-electron chi connectivity index (χ0n) is 13.3. The normalized spacial score (nSPS) is 10.5. The van der Waals surface area contributed by atoms with Gasteiger partial charge in [0.25, 0.3) is 0 Å². The van der Waals surface area contributed by atoms with Gasteiger partial charge < -0.3 is 10.1 Å². The number of rotatable bonds is 3. The number of hydrogen-bond donors (Lipinski definition) is 1. The Balaban J connectivity index is 0.000000379. The van der Waals surface area contributed by atoms with Gasteiger partial charge >= 0.3 is 0 Å². The van der Waals surface area contributed by atoms with E-state index in [9.17, 15) is 9.18 Å². The van der Waals surface area contributed by atoms with Crippen molar-refractivity contribution in [2.24, 2.45) is 0 Å². The maximum Gasteiger partial charge on any atom is 0.211 e. The molecule has 1 N–H and O–H groups in total. The Kier molecular flexibility index (Phi) is 6.99. The van der Waals surface area contributed by atoms with Gasteiger partial charge in [-0.05, 0) is 32.9 Å². The maximum atomic E-state index is 13.5. The van der Waals surface area contributed by atoms with E-state index < -0.39 is 5.82 Å². The van der Waals surface area contributed by atoms with Crippen LogP contribution in [0.1, 0.15) is 20.8 Å². The van der Waals surface area contributed by atoms with Crippen molar-refractivity contribution in [1.82, 2.24) is 15.0 Å². The highest BCUT2D eigenvalue weighted by Crippen LogP contribution is 2.30. The van der Waals surface area contributed by atoms with E-state index in [0.29, 0.717) is 6.41 Å². The van der Waals surface area contributed by atoms with Crippen LogP contribution in [0.25, 0.3) is 11.4 Å². The van der Waals surface area contributed by atoms with Crippen molar-refractivity contribution in [2.75, 3.05) is 12.4 Å². The molecule has 0 aliphatic rings. The zero-order chi connectivity index (χ0) is 17.5. The monoisotopic (exact) mass is 340 g/mol. The van der Waals surface area contributed by atoms with E-state index >= 15 is 0 Å². The quantitative estimate of drug-likeness (QED) is 0.685. The van der Waals surface area contributed by atoms with Crippen LogP contribution in [-0.2, 0) is 9.53 Å². The predicted molar refractivity (Wildman–Crippen MR) is 86.7 cm³/mol. The third-order valence-electron chi connectivity index (χ3n) is 2.60. The summed E-state index contributed by atoms with van der Waals surface area (Å²) in [6, 6.07) is 2.69. The number of halogens is 2. The van der Waals surface area contributed by atoms with Gasteiger partial charge in [-0.3, -0.25) is 9.78 Å². The van der Waals surface area contributed by atoms with Gasteiger partial charge in [0, 0.05) is 13.3 Å². The summed E-state index contributed by atoms with van der Waals surface area (Å²) < 4.78 is 18.5. The first kappa shape index (κ1) is 18.9. The highest BCUT2D eigenvalue weighted by atomic mass is 35.5. The molecule has 0 aliphatic carbocycles. The third-order valence-corrected chi connectivity index (χ3v) is 2.89. The average molecular weight is 341 g/mol. The molecular weight excluding hydrogens is 323 g/mol. The summed E-state index contributed by atoms with van der Waals surface area (Å²) in [7, 11) is 1.71. The van der Waals surface area contributed by atoms with Crippen molar-refractivity contribution in [3.05, 3.63) is 35.6 Å². The molecule has 2 rings (SSSR count). The van der Waals surface area contributed by atoms with E-state index in [2.05, 4.69) is 20.3 Å². The lowest BCUT2D eigenvalue weighted by Gasteiger charge is -2.14. The first-order valence-corrected chi connectivity index (χ1v) is 7.04. The van der Waals surface area contributed by atoms with Crippen LogP contribution in [0.3, 0.4) is 0 Å². The summed E-state index contributed by atoms with van der Waals surface area (Å²) in [6.07, 6.45) is 3.00. The van der Waals surface area contributed by atoms with Crippen LogP contribution >= 0.6 is 11.6 Å². The largest absolute Gasteiger partial charge is 0.379 e. The van der Waals surface area contributed by atoms with Gasteiger partial charge in [0.15, 0.2) is 11.0 Å². The number of methoxy groups -OCH3 is 1. The van der Waals surface area contributed by atoms with Gasteiger partial charge in [0.1, 0.15) is 23.4 Å². The van der Waals surface area contributed by atoms with Crippen molar-refractivity contribution < 1.29 is 13.9 Å². The predicted octanol–water partition coefficient (Wildman–Crippen LogP) is 3.33. The van der Waals surface area contributed by atoms with Crippen LogP contribution in [0.4, 0.5) is 10.1 Å². The number of ether oxygens (including phenoxy) is 1. The Labute approximate surface area is 139 Å². The number of nitrogens with one attached hydrogen (secondary N) is 1. The second kappa shape index (κ2) is 8.50. The first-order chi connectivity index (χ1) is 10.8. The molecule has 0 atom stereocenters. The Morgan fingerprint density at radius 1 is 1.26 bits per heavy atom. The van der Waals surface area contributed by atoms with Crippen LogP contribution in [0.5, 0.6) is 0 Å². The molecule has 0 bridgehead atoms. The number of carbonyl (C=O) groups excluding carboxylic acids is 1. The molecule has 8 heteroatoms. The SMILES string of the molecule is COC(C)(C)C.O=CNc1c(Cl)ncnc1-c1ncccc1F. The molecule has 0 spiro atoms. The minimum Gasteiger partial charge on any atom is -0.379 e. The molecule has 0 aliphatic heterocycles. The Bertz CT molecular complexity index is 662. The van der Waals surface area contributed by atoms with Gasteiger partial charge in [-0.1, -0.05) is 11.6 Å². The Morgan fingerprint density at radius 3 is 2.43 bits per heavy atom. The molecule has 23 heavy (non-hydrogen) atoms. The van der Waals surface area contributed by atoms with Gasteiger partial charge in [0.05, 0.1) is 5.60 Å². The number of hydrogen-bond acceptors (Lipinski definition) is 5. The first-order valence-electron chi connectivity index (χ1n) is 6.67. The average Bonchev–Trinajstić information content (AvgIpc) is 2.50. The van der Waals surface area contributed by atoms with Crippen LogP contribution < -0.4 is 5.32 Å². The summed E-state index contributed by atoms with van der Waals surface area (Å²) in [5.41, 5.74) is 0.304. The van der Waals surface area contributed by atoms with Crippen LogP contribution in [0.15, 0.2) is 24.7 Å². The minimum atomic E-state index is -0.559. The second-order valence-electron chi connectivity index (χ2n) is 5.30. The number of pyridine rings is 1. The lowest BCUT2D eigenvalue weighted by Crippen LogP contribution is -2.15. The van der Waals surface area contributed by atoms with Crippen molar-refractivity contribution in [2.45, 2.75) is 26.4 Å². The summed E-state index contributed by atoms with van der Waals surface area (Å²) in [5.74, 6) is -0.559. The zero-order valence-corrected chi connectivity index (χ0v) is 14.1. The van der Waals surface area contributed by atoms with Crippen LogP contribution in [0, 0.1) is 5.82 Å². The molecule has 0 fully saturated rings. The molecule has 2 heterocycles. The highest BCUT2D eigenvalue weighted by molar-refractivity contribution is 6.32. The fraction of sp³-hybridized carbons (Fsp3) is 0.333. The van der Waals surface area contributed by atoms with Crippen molar-refractivity contribution in [3.8, 4) is 11.4 Å². The smallest absolute Gasteiger partial charge is 0.211 e. The highest BCUT2D eigenvalue weighted by Gasteiger charge is 2.15. The Morgan fingerprint density at radius 2 is 1.91 bits per heavy atom. The number of carbonyl (C=O) groups is 1. The maximum absolute atomic E-state index is 13.5. The molecule has 2 aromatic rings. The molecule has 0 saturated heterocycles. The molecule has 0 aromatic carbocycles. The number of anilines is 1. The van der Waals surface area contributed by atoms with E-state index in [-0.39, 0.29) is 27.8 Å². The number of aromatic nitrogens is 3. The summed E-state index contributed by atoms with van der Waals surface area (Å²) in [6.45, 7) is 6.06. The van der Waals surface area contributed by atoms with Crippen LogP contribution in [-0.4, -0.2) is 34.1 Å². The van der Waals surface area contributed by atoms with Gasteiger partial charge in [-0.25, -0.2) is 14.4 Å². The van der Waals surface area contributed by atoms with Crippen molar-refractivity contribution in [3.63, 3.8) is 0 Å². The lowest BCUT2D eigenvalue weighted by molar-refractivity contribution is -0.105. The summed E-state index contributed by atoms with van der Waals surface area (Å²) in [4.78, 5) is 21.9. The fourth-order valence-electron chi connectivity index (χ4n) is 1.29. The van der Waals surface area contributed by atoms with Crippen LogP contribution in [0.2, 0.25) is 5.15 Å². The Hall–Kier alpha value is -2.12. The third kappa shape index (κ3) is 5.88. The van der Waals surface area contributed by atoms with Gasteiger partial charge in [-0.2, -0.15) is 0 Å². The summed E-state index contributed by atoms with van der Waals surface area (Å²) in [5, 5.41) is 2.35. The molecule has 6 nitrogen and oxygen atoms in total. The van der Waals surface area contributed by atoms with E-state index in [4.69, 9.17) is 16.3 Å². The van der Waals surface area contributed by atoms with E-state index in [0.717, 1.165) is 0 Å². The fourth-order valence-corrected chi connectivity index (χ4v) is 1.48. The standard InChI is InChI=1S/C10H6ClFN4O.C5H12O/c11-10-9(16-5-17)8(14-4-15-10)7-6(12)2-1-3-13-7;1-5(2,3)6-4/h1-5H,(H,16,17);1-4H3. The minimum absolute atomic E-state index is 0.00106. The summed E-state index contributed by atoms with van der Waals surface area (Å²) >= 11 is 5.79. The van der Waals surface area contributed by atoms with Crippen molar-refractivity contribution >= 4 is 23.7 Å². The lowest BCUT2D eigenvalue weighted by atomic mass is 10.2. The molecule has 0 unspecified atom stereocenters. The number of nitrogens with zero attached hydrogens (tertiary/aromatic N) is 3. The molecule has 124 valence electrons. The van der Waals surface area contributed by atoms with Gasteiger partial charge in [0.2, 0.25) is 6.41 Å². The van der Waals surface area contributed by atoms with Crippen molar-refractivity contribution in [1.29, 1.82) is 0 Å². The molecule has 2 aromatic heterocycles. The van der Waals surface area contributed by atoms with E-state index in [1.54, 1.807) is 7.11 Å². The molecular formula is C15H18ClFN4O2. The van der Waals surface area contributed by atoms with Gasteiger partial charge in [-0.15, -0.1) is 0 Å². The second-order valence-corrected chi connectivity index (χ2v) is 5.66. The van der Waals surface area contributed by atoms with E-state index in [1.165, 1.54) is 24.7 Å².